The number of hydrogen-bond donors (Lipinski definition) is 0. The Hall–Kier alpha value is -1.53. The largest absolute Gasteiger partial charge is 0.348 e. The van der Waals surface area contributed by atoms with Crippen molar-refractivity contribution < 1.29 is 4.79 Å². The van der Waals surface area contributed by atoms with Crippen LogP contribution >= 0.6 is 23.4 Å². The van der Waals surface area contributed by atoms with Gasteiger partial charge in [0.1, 0.15) is 6.33 Å². The van der Waals surface area contributed by atoms with Crippen LogP contribution in [0.1, 0.15) is 6.92 Å². The summed E-state index contributed by atoms with van der Waals surface area (Å²) in [5.41, 5.74) is 0.870. The Kier molecular flexibility index (Phi) is 4.67. The summed E-state index contributed by atoms with van der Waals surface area (Å²) in [5.74, 6) is 0.0376. The molecule has 5 nitrogen and oxygen atoms in total. The molecule has 106 valence electrons. The molecule has 0 N–H and O–H groups in total. The second kappa shape index (κ2) is 6.28. The van der Waals surface area contributed by atoms with Gasteiger partial charge in [0.25, 0.3) is 0 Å². The first-order valence-corrected chi connectivity index (χ1v) is 7.28. The van der Waals surface area contributed by atoms with Crippen molar-refractivity contribution in [3.63, 3.8) is 0 Å². The van der Waals surface area contributed by atoms with E-state index in [0.717, 1.165) is 5.69 Å². The first-order chi connectivity index (χ1) is 9.49. The van der Waals surface area contributed by atoms with Crippen molar-refractivity contribution in [1.82, 2.24) is 19.7 Å². The molecule has 0 aliphatic rings. The number of rotatable bonds is 4. The molecule has 1 aromatic heterocycles. The third kappa shape index (κ3) is 3.32. The zero-order valence-electron chi connectivity index (χ0n) is 11.4. The van der Waals surface area contributed by atoms with Gasteiger partial charge in [-0.3, -0.25) is 9.36 Å². The van der Waals surface area contributed by atoms with Gasteiger partial charge in [0.05, 0.1) is 10.9 Å². The first kappa shape index (κ1) is 14.9. The fourth-order valence-corrected chi connectivity index (χ4v) is 2.85. The molecular formula is C13H15ClN4OS. The minimum atomic E-state index is -0.230. The summed E-state index contributed by atoms with van der Waals surface area (Å²) in [6, 6.07) is 7.41. The fourth-order valence-electron chi connectivity index (χ4n) is 1.68. The summed E-state index contributed by atoms with van der Waals surface area (Å²) in [4.78, 5) is 13.5. The van der Waals surface area contributed by atoms with E-state index in [4.69, 9.17) is 11.6 Å². The van der Waals surface area contributed by atoms with E-state index in [-0.39, 0.29) is 11.2 Å². The maximum atomic E-state index is 11.9. The van der Waals surface area contributed by atoms with Crippen molar-refractivity contribution in [2.45, 2.75) is 17.3 Å². The van der Waals surface area contributed by atoms with Crippen LogP contribution in [0.5, 0.6) is 0 Å². The SMILES string of the molecule is C[C@@H](Sc1nncn1-c1cccc(Cl)c1)C(=O)N(C)C. The molecule has 20 heavy (non-hydrogen) atoms. The molecule has 0 radical (unpaired) electrons. The monoisotopic (exact) mass is 310 g/mol. The van der Waals surface area contributed by atoms with E-state index in [1.54, 1.807) is 31.4 Å². The first-order valence-electron chi connectivity index (χ1n) is 6.03. The smallest absolute Gasteiger partial charge is 0.235 e. The van der Waals surface area contributed by atoms with Gasteiger partial charge in [-0.2, -0.15) is 0 Å². The highest BCUT2D eigenvalue weighted by Gasteiger charge is 2.19. The van der Waals surface area contributed by atoms with Crippen LogP contribution in [0, 0.1) is 0 Å². The molecule has 1 heterocycles. The van der Waals surface area contributed by atoms with E-state index in [2.05, 4.69) is 10.2 Å². The van der Waals surface area contributed by atoms with E-state index < -0.39 is 0 Å². The van der Waals surface area contributed by atoms with Crippen molar-refractivity contribution in [2.24, 2.45) is 0 Å². The van der Waals surface area contributed by atoms with Crippen molar-refractivity contribution in [2.75, 3.05) is 14.1 Å². The minimum absolute atomic E-state index is 0.0376. The molecule has 0 aliphatic heterocycles. The Morgan fingerprint density at radius 3 is 2.85 bits per heavy atom. The maximum absolute atomic E-state index is 11.9. The molecule has 7 heteroatoms. The number of amides is 1. The highest BCUT2D eigenvalue weighted by Crippen LogP contribution is 2.25. The van der Waals surface area contributed by atoms with Crippen molar-refractivity contribution in [3.05, 3.63) is 35.6 Å². The average Bonchev–Trinajstić information content (AvgIpc) is 2.85. The third-order valence-corrected chi connectivity index (χ3v) is 3.95. The number of carbonyl (C=O) groups excluding carboxylic acids is 1. The van der Waals surface area contributed by atoms with Gasteiger partial charge in [-0.1, -0.05) is 29.4 Å². The maximum Gasteiger partial charge on any atom is 0.235 e. The second-order valence-corrected chi connectivity index (χ2v) is 6.20. The minimum Gasteiger partial charge on any atom is -0.348 e. The van der Waals surface area contributed by atoms with Crippen molar-refractivity contribution in [3.8, 4) is 5.69 Å². The van der Waals surface area contributed by atoms with Gasteiger partial charge in [0.15, 0.2) is 5.16 Å². The topological polar surface area (TPSA) is 51.0 Å². The van der Waals surface area contributed by atoms with Gasteiger partial charge >= 0.3 is 0 Å². The molecule has 0 unspecified atom stereocenters. The van der Waals surface area contributed by atoms with Gasteiger partial charge in [-0.05, 0) is 25.1 Å². The van der Waals surface area contributed by atoms with Gasteiger partial charge in [-0.25, -0.2) is 0 Å². The number of aromatic nitrogens is 3. The summed E-state index contributed by atoms with van der Waals surface area (Å²) in [6.07, 6.45) is 1.61. The molecule has 0 bridgehead atoms. The molecular weight excluding hydrogens is 296 g/mol. The van der Waals surface area contributed by atoms with Crippen LogP contribution in [0.3, 0.4) is 0 Å². The number of carbonyl (C=O) groups is 1. The summed E-state index contributed by atoms with van der Waals surface area (Å²) in [5, 5.41) is 9.05. The predicted octanol–water partition coefficient (Wildman–Crippen LogP) is 2.49. The molecule has 2 rings (SSSR count). The molecule has 2 aromatic rings. The molecule has 0 fully saturated rings. The predicted molar refractivity (Wildman–Crippen MR) is 80.4 cm³/mol. The van der Waals surface area contributed by atoms with Crippen LogP contribution in [-0.4, -0.2) is 44.9 Å². The lowest BCUT2D eigenvalue weighted by molar-refractivity contribution is -0.127. The lowest BCUT2D eigenvalue weighted by Crippen LogP contribution is -2.29. The van der Waals surface area contributed by atoms with E-state index in [0.29, 0.717) is 10.2 Å². The van der Waals surface area contributed by atoms with E-state index in [1.807, 2.05) is 29.7 Å². The van der Waals surface area contributed by atoms with Crippen molar-refractivity contribution in [1.29, 1.82) is 0 Å². The zero-order chi connectivity index (χ0) is 14.7. The van der Waals surface area contributed by atoms with Gasteiger partial charge in [0, 0.05) is 19.1 Å². The molecule has 1 aromatic carbocycles. The second-order valence-electron chi connectivity index (χ2n) is 4.46. The van der Waals surface area contributed by atoms with Crippen LogP contribution in [0.15, 0.2) is 35.7 Å². The normalized spacial score (nSPS) is 12.2. The molecule has 0 aliphatic carbocycles. The van der Waals surface area contributed by atoms with E-state index in [9.17, 15) is 4.79 Å². The van der Waals surface area contributed by atoms with Crippen LogP contribution in [0.2, 0.25) is 5.02 Å². The lowest BCUT2D eigenvalue weighted by Gasteiger charge is -2.16. The number of benzene rings is 1. The summed E-state index contributed by atoms with van der Waals surface area (Å²) in [7, 11) is 3.47. The zero-order valence-corrected chi connectivity index (χ0v) is 13.0. The third-order valence-electron chi connectivity index (χ3n) is 2.67. The fraction of sp³-hybridized carbons (Fsp3) is 0.308. The molecule has 1 amide bonds. The summed E-state index contributed by atoms with van der Waals surface area (Å²) < 4.78 is 1.82. The standard InChI is InChI=1S/C13H15ClN4OS/c1-9(12(19)17(2)3)20-13-16-15-8-18(13)11-6-4-5-10(14)7-11/h4-9H,1-3H3/t9-/m1/s1. The Bertz CT molecular complexity index is 614. The van der Waals surface area contributed by atoms with Gasteiger partial charge in [0.2, 0.25) is 5.91 Å². The average molecular weight is 311 g/mol. The van der Waals surface area contributed by atoms with E-state index in [1.165, 1.54) is 11.8 Å². The molecule has 1 atom stereocenters. The molecule has 0 saturated heterocycles. The van der Waals surface area contributed by atoms with E-state index >= 15 is 0 Å². The number of thioether (sulfide) groups is 1. The van der Waals surface area contributed by atoms with Crippen LogP contribution in [-0.2, 0) is 4.79 Å². The molecule has 0 spiro atoms. The van der Waals surface area contributed by atoms with Gasteiger partial charge < -0.3 is 4.90 Å². The number of hydrogen-bond acceptors (Lipinski definition) is 4. The highest BCUT2D eigenvalue weighted by atomic mass is 35.5. The summed E-state index contributed by atoms with van der Waals surface area (Å²) in [6.45, 7) is 1.85. The number of halogens is 1. The number of nitrogens with zero attached hydrogens (tertiary/aromatic N) is 4. The van der Waals surface area contributed by atoms with Crippen LogP contribution in [0.25, 0.3) is 5.69 Å². The lowest BCUT2D eigenvalue weighted by atomic mass is 10.3. The molecule has 0 saturated carbocycles. The van der Waals surface area contributed by atoms with Crippen molar-refractivity contribution >= 4 is 29.3 Å². The highest BCUT2D eigenvalue weighted by molar-refractivity contribution is 8.00. The Labute approximate surface area is 126 Å². The Morgan fingerprint density at radius 2 is 2.20 bits per heavy atom. The van der Waals surface area contributed by atoms with Gasteiger partial charge in [-0.15, -0.1) is 10.2 Å². The summed E-state index contributed by atoms with van der Waals surface area (Å²) >= 11 is 7.36. The van der Waals surface area contributed by atoms with Crippen LogP contribution < -0.4 is 0 Å². The Balaban J connectivity index is 2.23. The quantitative estimate of drug-likeness (QED) is 0.814. The Morgan fingerprint density at radius 1 is 1.45 bits per heavy atom. The van der Waals surface area contributed by atoms with Crippen LogP contribution in [0.4, 0.5) is 0 Å².